The first-order valence-electron chi connectivity index (χ1n) is 8.16. The Bertz CT molecular complexity index is 858. The van der Waals surface area contributed by atoms with Crippen molar-refractivity contribution < 1.29 is 13.2 Å². The lowest BCUT2D eigenvalue weighted by Crippen LogP contribution is -2.33. The summed E-state index contributed by atoms with van der Waals surface area (Å²) in [7, 11) is -2.01. The van der Waals surface area contributed by atoms with E-state index in [4.69, 9.17) is 4.74 Å². The predicted molar refractivity (Wildman–Crippen MR) is 87.5 cm³/mol. The summed E-state index contributed by atoms with van der Waals surface area (Å²) in [5.74, 6) is 2.96. The summed E-state index contributed by atoms with van der Waals surface area (Å²) < 4.78 is 34.7. The van der Waals surface area contributed by atoms with E-state index in [0.717, 1.165) is 24.5 Å². The monoisotopic (exact) mass is 348 g/mol. The minimum Gasteiger partial charge on any atom is -0.497 e. The van der Waals surface area contributed by atoms with Crippen LogP contribution in [0.4, 0.5) is 0 Å². The van der Waals surface area contributed by atoms with Crippen molar-refractivity contribution in [3.05, 3.63) is 35.9 Å². The topological polar surface area (TPSA) is 77.3 Å². The molecule has 0 atom stereocenters. The number of methoxy groups -OCH3 is 1. The van der Waals surface area contributed by atoms with Crippen molar-refractivity contribution in [2.75, 3.05) is 20.2 Å². The summed E-state index contributed by atoms with van der Waals surface area (Å²) in [5.41, 5.74) is 0. The molecule has 0 amide bonds. The molecule has 0 spiro atoms. The molecule has 2 aliphatic rings. The molecular formula is C16H20N4O3S. The van der Waals surface area contributed by atoms with Gasteiger partial charge in [0.15, 0.2) is 0 Å². The molecule has 8 heteroatoms. The second-order valence-corrected chi connectivity index (χ2v) is 8.17. The fourth-order valence-electron chi connectivity index (χ4n) is 3.12. The first-order chi connectivity index (χ1) is 11.6. The molecule has 2 heterocycles. The summed E-state index contributed by atoms with van der Waals surface area (Å²) in [6, 6.07) is 6.61. The molecule has 4 rings (SSSR count). The summed E-state index contributed by atoms with van der Waals surface area (Å²) >= 11 is 0. The van der Waals surface area contributed by atoms with Gasteiger partial charge < -0.3 is 9.30 Å². The standard InChI is InChI=1S/C16H20N4O3S/c1-23-13-3-2-4-14(11-13)24(21,22)19-8-7-15-17-18-16(12-5-6-12)20(15)10-9-19/h2-4,11-12H,5-10H2,1H3. The Balaban J connectivity index is 1.59. The van der Waals surface area contributed by atoms with E-state index < -0.39 is 10.0 Å². The van der Waals surface area contributed by atoms with Crippen molar-refractivity contribution >= 4 is 10.0 Å². The number of nitrogens with zero attached hydrogens (tertiary/aromatic N) is 4. The van der Waals surface area contributed by atoms with Crippen molar-refractivity contribution in [3.8, 4) is 5.75 Å². The zero-order valence-corrected chi connectivity index (χ0v) is 14.4. The predicted octanol–water partition coefficient (Wildman–Crippen LogP) is 1.41. The van der Waals surface area contributed by atoms with Gasteiger partial charge in [-0.1, -0.05) is 6.07 Å². The Morgan fingerprint density at radius 1 is 1.17 bits per heavy atom. The molecule has 0 saturated heterocycles. The largest absolute Gasteiger partial charge is 0.497 e. The van der Waals surface area contributed by atoms with Crippen LogP contribution < -0.4 is 4.74 Å². The number of fused-ring (bicyclic) bond motifs is 1. The molecule has 1 aliphatic heterocycles. The molecule has 7 nitrogen and oxygen atoms in total. The molecule has 24 heavy (non-hydrogen) atoms. The van der Waals surface area contributed by atoms with Gasteiger partial charge in [-0.25, -0.2) is 8.42 Å². The molecule has 128 valence electrons. The van der Waals surface area contributed by atoms with Crippen LogP contribution in [0, 0.1) is 0 Å². The molecule has 1 aromatic heterocycles. The summed E-state index contributed by atoms with van der Waals surface area (Å²) in [6.07, 6.45) is 2.90. The molecule has 2 aromatic rings. The van der Waals surface area contributed by atoms with Crippen molar-refractivity contribution in [1.29, 1.82) is 0 Å². The second-order valence-electron chi connectivity index (χ2n) is 6.23. The maximum absolute atomic E-state index is 12.9. The highest BCUT2D eigenvalue weighted by molar-refractivity contribution is 7.89. The minimum absolute atomic E-state index is 0.266. The number of aromatic nitrogens is 3. The van der Waals surface area contributed by atoms with Gasteiger partial charge in [0.1, 0.15) is 17.4 Å². The molecule has 1 aliphatic carbocycles. The molecule has 0 N–H and O–H groups in total. The van der Waals surface area contributed by atoms with Gasteiger partial charge in [-0.15, -0.1) is 10.2 Å². The van der Waals surface area contributed by atoms with Crippen LogP contribution in [0.25, 0.3) is 0 Å². The second kappa shape index (κ2) is 5.86. The van der Waals surface area contributed by atoms with E-state index in [9.17, 15) is 8.42 Å². The summed E-state index contributed by atoms with van der Waals surface area (Å²) in [4.78, 5) is 0.266. The maximum atomic E-state index is 12.9. The third-order valence-corrected chi connectivity index (χ3v) is 6.53. The van der Waals surface area contributed by atoms with Crippen LogP contribution in [0.15, 0.2) is 29.2 Å². The van der Waals surface area contributed by atoms with Crippen LogP contribution in [-0.4, -0.2) is 47.7 Å². The Kier molecular flexibility index (Phi) is 3.80. The first kappa shape index (κ1) is 15.6. The summed E-state index contributed by atoms with van der Waals surface area (Å²) in [5, 5.41) is 8.56. The molecule has 1 fully saturated rings. The molecular weight excluding hydrogens is 328 g/mol. The van der Waals surface area contributed by atoms with Crippen LogP contribution in [0.3, 0.4) is 0 Å². The van der Waals surface area contributed by atoms with Gasteiger partial charge in [-0.05, 0) is 25.0 Å². The zero-order valence-electron chi connectivity index (χ0n) is 13.6. The number of rotatable bonds is 4. The lowest BCUT2D eigenvalue weighted by molar-refractivity contribution is 0.406. The van der Waals surface area contributed by atoms with Gasteiger partial charge in [0.05, 0.1) is 12.0 Å². The van der Waals surface area contributed by atoms with Crippen LogP contribution in [0.1, 0.15) is 30.4 Å². The Morgan fingerprint density at radius 2 is 2.00 bits per heavy atom. The van der Waals surface area contributed by atoms with E-state index in [1.165, 1.54) is 11.4 Å². The van der Waals surface area contributed by atoms with E-state index in [1.54, 1.807) is 24.3 Å². The Morgan fingerprint density at radius 3 is 2.75 bits per heavy atom. The van der Waals surface area contributed by atoms with Crippen molar-refractivity contribution in [3.63, 3.8) is 0 Å². The van der Waals surface area contributed by atoms with Gasteiger partial charge in [0, 0.05) is 38.0 Å². The molecule has 1 aromatic carbocycles. The molecule has 0 radical (unpaired) electrons. The smallest absolute Gasteiger partial charge is 0.243 e. The highest BCUT2D eigenvalue weighted by atomic mass is 32.2. The number of sulfonamides is 1. The Hall–Kier alpha value is -1.93. The van der Waals surface area contributed by atoms with E-state index in [0.29, 0.717) is 37.7 Å². The van der Waals surface area contributed by atoms with Gasteiger partial charge in [-0.2, -0.15) is 4.31 Å². The van der Waals surface area contributed by atoms with Gasteiger partial charge >= 0.3 is 0 Å². The van der Waals surface area contributed by atoms with Gasteiger partial charge in [-0.3, -0.25) is 0 Å². The summed E-state index contributed by atoms with van der Waals surface area (Å²) in [6.45, 7) is 1.46. The van der Waals surface area contributed by atoms with Crippen molar-refractivity contribution in [1.82, 2.24) is 19.1 Å². The zero-order chi connectivity index (χ0) is 16.7. The SMILES string of the molecule is COc1cccc(S(=O)(=O)N2CCc3nnc(C4CC4)n3CC2)c1. The van der Waals surface area contributed by atoms with Crippen molar-refractivity contribution in [2.45, 2.75) is 36.6 Å². The average molecular weight is 348 g/mol. The van der Waals surface area contributed by atoms with E-state index in [1.807, 2.05) is 0 Å². The fourth-order valence-corrected chi connectivity index (χ4v) is 4.59. The number of ether oxygens (including phenoxy) is 1. The van der Waals surface area contributed by atoms with Crippen LogP contribution in [-0.2, 0) is 23.0 Å². The first-order valence-corrected chi connectivity index (χ1v) is 9.60. The normalized spacial score (nSPS) is 18.9. The van der Waals surface area contributed by atoms with Crippen LogP contribution in [0.5, 0.6) is 5.75 Å². The maximum Gasteiger partial charge on any atom is 0.243 e. The van der Waals surface area contributed by atoms with E-state index in [-0.39, 0.29) is 4.90 Å². The molecule has 1 saturated carbocycles. The lowest BCUT2D eigenvalue weighted by Gasteiger charge is -2.20. The molecule has 0 unspecified atom stereocenters. The third-order valence-electron chi connectivity index (χ3n) is 4.64. The van der Waals surface area contributed by atoms with E-state index >= 15 is 0 Å². The fraction of sp³-hybridized carbons (Fsp3) is 0.500. The quantitative estimate of drug-likeness (QED) is 0.835. The van der Waals surface area contributed by atoms with Crippen LogP contribution in [0.2, 0.25) is 0 Å². The Labute approximate surface area is 141 Å². The highest BCUT2D eigenvalue weighted by Crippen LogP contribution is 2.39. The third kappa shape index (κ3) is 2.69. The molecule has 0 bridgehead atoms. The van der Waals surface area contributed by atoms with E-state index in [2.05, 4.69) is 14.8 Å². The number of hydrogen-bond acceptors (Lipinski definition) is 5. The van der Waals surface area contributed by atoms with Crippen molar-refractivity contribution in [2.24, 2.45) is 0 Å². The minimum atomic E-state index is -3.54. The van der Waals surface area contributed by atoms with Gasteiger partial charge in [0.25, 0.3) is 0 Å². The van der Waals surface area contributed by atoms with Gasteiger partial charge in [0.2, 0.25) is 10.0 Å². The highest BCUT2D eigenvalue weighted by Gasteiger charge is 2.33. The number of hydrogen-bond donors (Lipinski definition) is 0. The average Bonchev–Trinajstić information content (AvgIpc) is 3.40. The number of benzene rings is 1. The van der Waals surface area contributed by atoms with Crippen LogP contribution >= 0.6 is 0 Å². The lowest BCUT2D eigenvalue weighted by atomic mass is 10.3.